The van der Waals surface area contributed by atoms with E-state index in [1.54, 1.807) is 19.1 Å². The molecule has 0 fully saturated rings. The van der Waals surface area contributed by atoms with Gasteiger partial charge in [-0.15, -0.1) is 0 Å². The third-order valence-electron chi connectivity index (χ3n) is 2.23. The zero-order valence-corrected chi connectivity index (χ0v) is 10.8. The summed E-state index contributed by atoms with van der Waals surface area (Å²) in [6.07, 6.45) is 0. The monoisotopic (exact) mass is 298 g/mol. The number of hydrogen-bond donors (Lipinski definition) is 0. The molecule has 3 nitrogen and oxygen atoms in total. The Morgan fingerprint density at radius 2 is 2.19 bits per heavy atom. The molecule has 0 amide bonds. The first-order chi connectivity index (χ1) is 7.63. The second-order valence-electron chi connectivity index (χ2n) is 3.33. The molecule has 0 atom stereocenters. The number of nitrogens with zero attached hydrogens (tertiary/aromatic N) is 2. The van der Waals surface area contributed by atoms with Crippen LogP contribution in [-0.2, 0) is 0 Å². The van der Waals surface area contributed by atoms with Gasteiger partial charge in [-0.3, -0.25) is 4.79 Å². The van der Waals surface area contributed by atoms with Gasteiger partial charge in [-0.2, -0.15) is 0 Å². The van der Waals surface area contributed by atoms with Crippen LogP contribution in [0.15, 0.2) is 18.2 Å². The molecule has 1 heterocycles. The van der Waals surface area contributed by atoms with E-state index in [0.717, 1.165) is 0 Å². The Bertz CT molecular complexity index is 571. The van der Waals surface area contributed by atoms with Crippen molar-refractivity contribution in [1.29, 1.82) is 0 Å². The highest BCUT2D eigenvalue weighted by molar-refractivity contribution is 9.09. The first-order valence-corrected chi connectivity index (χ1v) is 6.15. The van der Waals surface area contributed by atoms with Gasteiger partial charge in [0.15, 0.2) is 10.9 Å². The van der Waals surface area contributed by atoms with E-state index >= 15 is 0 Å². The van der Waals surface area contributed by atoms with Crippen LogP contribution in [0.25, 0.3) is 11.0 Å². The van der Waals surface area contributed by atoms with Gasteiger partial charge in [0, 0.05) is 5.56 Å². The number of rotatable bonds is 2. The number of halogens is 2. The number of aryl methyl sites for hydroxylation is 1. The molecule has 2 aromatic rings. The Kier molecular flexibility index (Phi) is 3.21. The first-order valence-electron chi connectivity index (χ1n) is 4.65. The molecule has 2 rings (SSSR count). The summed E-state index contributed by atoms with van der Waals surface area (Å²) in [5, 5.41) is 0.599. The second kappa shape index (κ2) is 4.47. The second-order valence-corrected chi connectivity index (χ2v) is 4.25. The van der Waals surface area contributed by atoms with Crippen LogP contribution in [0, 0.1) is 6.92 Å². The molecule has 1 aromatic heterocycles. The number of carbonyl (C=O) groups is 1. The number of ketones is 1. The molecule has 0 aliphatic carbocycles. The van der Waals surface area contributed by atoms with Gasteiger partial charge in [-0.1, -0.05) is 33.6 Å². The van der Waals surface area contributed by atoms with E-state index < -0.39 is 0 Å². The van der Waals surface area contributed by atoms with Gasteiger partial charge in [0.1, 0.15) is 5.52 Å². The number of fused-ring (bicyclic) bond motifs is 1. The molecule has 16 heavy (non-hydrogen) atoms. The molecule has 1 aromatic carbocycles. The summed E-state index contributed by atoms with van der Waals surface area (Å²) in [5.74, 6) is -0.0279. The topological polar surface area (TPSA) is 42.9 Å². The Balaban J connectivity index is 2.77. The van der Waals surface area contributed by atoms with E-state index in [0.29, 0.717) is 27.4 Å². The summed E-state index contributed by atoms with van der Waals surface area (Å²) < 4.78 is 0. The molecule has 0 unspecified atom stereocenters. The average molecular weight is 300 g/mol. The van der Waals surface area contributed by atoms with Crippen molar-refractivity contribution in [3.05, 3.63) is 34.6 Å². The van der Waals surface area contributed by atoms with Gasteiger partial charge >= 0.3 is 0 Å². The normalized spacial score (nSPS) is 10.7. The summed E-state index contributed by atoms with van der Waals surface area (Å²) in [5.41, 5.74) is 2.46. The lowest BCUT2D eigenvalue weighted by atomic mass is 10.1. The number of Topliss-reactive ketones (excluding diaryl/α,β-unsaturated/α-hetero) is 1. The Labute approximate surface area is 106 Å². The SMILES string of the molecule is Cc1nc2cccc(C(=O)CBr)c2nc1Cl. The highest BCUT2D eigenvalue weighted by Crippen LogP contribution is 2.20. The number of hydrogen-bond acceptors (Lipinski definition) is 3. The number of para-hydroxylation sites is 1. The van der Waals surface area contributed by atoms with E-state index in [9.17, 15) is 4.79 Å². The summed E-state index contributed by atoms with van der Waals surface area (Å²) in [6.45, 7) is 1.79. The van der Waals surface area contributed by atoms with Gasteiger partial charge in [-0.25, -0.2) is 9.97 Å². The fourth-order valence-electron chi connectivity index (χ4n) is 1.44. The number of benzene rings is 1. The van der Waals surface area contributed by atoms with E-state index in [1.165, 1.54) is 0 Å². The molecular weight excluding hydrogens is 291 g/mol. The van der Waals surface area contributed by atoms with Gasteiger partial charge in [0.25, 0.3) is 0 Å². The minimum Gasteiger partial charge on any atom is -0.293 e. The van der Waals surface area contributed by atoms with Crippen molar-refractivity contribution >= 4 is 44.3 Å². The molecule has 0 aliphatic rings. The van der Waals surface area contributed by atoms with E-state index in [4.69, 9.17) is 11.6 Å². The van der Waals surface area contributed by atoms with Crippen LogP contribution in [-0.4, -0.2) is 21.1 Å². The first kappa shape index (κ1) is 11.5. The minimum atomic E-state index is -0.0279. The van der Waals surface area contributed by atoms with Crippen molar-refractivity contribution in [2.45, 2.75) is 6.92 Å². The zero-order chi connectivity index (χ0) is 11.7. The number of alkyl halides is 1. The third-order valence-corrected chi connectivity index (χ3v) is 3.10. The average Bonchev–Trinajstić information content (AvgIpc) is 2.29. The Hall–Kier alpha value is -1.00. The van der Waals surface area contributed by atoms with Crippen LogP contribution in [0.4, 0.5) is 0 Å². The predicted molar refractivity (Wildman–Crippen MR) is 67.4 cm³/mol. The molecule has 0 N–H and O–H groups in total. The van der Waals surface area contributed by atoms with Gasteiger partial charge in [0.05, 0.1) is 16.5 Å². The lowest BCUT2D eigenvalue weighted by Gasteiger charge is -2.04. The molecular formula is C11H8BrClN2O. The molecule has 0 radical (unpaired) electrons. The maximum atomic E-state index is 11.7. The van der Waals surface area contributed by atoms with Crippen molar-refractivity contribution < 1.29 is 4.79 Å². The minimum absolute atomic E-state index is 0.0279. The Morgan fingerprint density at radius 1 is 1.44 bits per heavy atom. The summed E-state index contributed by atoms with van der Waals surface area (Å²) in [6, 6.07) is 5.34. The van der Waals surface area contributed by atoms with Crippen molar-refractivity contribution in [3.8, 4) is 0 Å². The van der Waals surface area contributed by atoms with E-state index in [2.05, 4.69) is 25.9 Å². The van der Waals surface area contributed by atoms with Crippen molar-refractivity contribution in [3.63, 3.8) is 0 Å². The van der Waals surface area contributed by atoms with Gasteiger partial charge in [0.2, 0.25) is 0 Å². The van der Waals surface area contributed by atoms with Gasteiger partial charge < -0.3 is 0 Å². The van der Waals surface area contributed by atoms with Crippen LogP contribution >= 0.6 is 27.5 Å². The fraction of sp³-hybridized carbons (Fsp3) is 0.182. The van der Waals surface area contributed by atoms with Crippen LogP contribution < -0.4 is 0 Å². The quantitative estimate of drug-likeness (QED) is 0.632. The maximum absolute atomic E-state index is 11.7. The highest BCUT2D eigenvalue weighted by Gasteiger charge is 2.12. The lowest BCUT2D eigenvalue weighted by Crippen LogP contribution is -2.03. The predicted octanol–water partition coefficient (Wildman–Crippen LogP) is 3.17. The van der Waals surface area contributed by atoms with Gasteiger partial charge in [-0.05, 0) is 19.1 Å². The Morgan fingerprint density at radius 3 is 2.88 bits per heavy atom. The maximum Gasteiger partial charge on any atom is 0.175 e. The van der Waals surface area contributed by atoms with Crippen molar-refractivity contribution in [2.75, 3.05) is 5.33 Å². The van der Waals surface area contributed by atoms with Crippen LogP contribution in [0.2, 0.25) is 5.15 Å². The third kappa shape index (κ3) is 1.95. The van der Waals surface area contributed by atoms with E-state index in [-0.39, 0.29) is 11.1 Å². The van der Waals surface area contributed by atoms with E-state index in [1.807, 2.05) is 6.07 Å². The molecule has 0 saturated carbocycles. The van der Waals surface area contributed by atoms with Crippen LogP contribution in [0.5, 0.6) is 0 Å². The molecule has 0 saturated heterocycles. The zero-order valence-electron chi connectivity index (χ0n) is 8.50. The molecule has 82 valence electrons. The summed E-state index contributed by atoms with van der Waals surface area (Å²) in [7, 11) is 0. The molecule has 0 spiro atoms. The smallest absolute Gasteiger partial charge is 0.175 e. The molecule has 5 heteroatoms. The molecule has 0 aliphatic heterocycles. The highest BCUT2D eigenvalue weighted by atomic mass is 79.9. The fourth-order valence-corrected chi connectivity index (χ4v) is 1.87. The summed E-state index contributed by atoms with van der Waals surface area (Å²) >= 11 is 9.05. The number of aromatic nitrogens is 2. The van der Waals surface area contributed by atoms with Crippen LogP contribution in [0.3, 0.4) is 0 Å². The summed E-state index contributed by atoms with van der Waals surface area (Å²) in [4.78, 5) is 20.2. The largest absolute Gasteiger partial charge is 0.293 e. The van der Waals surface area contributed by atoms with Crippen molar-refractivity contribution in [2.24, 2.45) is 0 Å². The lowest BCUT2D eigenvalue weighted by molar-refractivity contribution is 0.102. The molecule has 0 bridgehead atoms. The van der Waals surface area contributed by atoms with Crippen LogP contribution in [0.1, 0.15) is 16.1 Å². The standard InChI is InChI=1S/C11H8BrClN2O/c1-6-11(13)15-10-7(9(16)5-12)3-2-4-8(10)14-6/h2-4H,5H2,1H3. The number of carbonyl (C=O) groups excluding carboxylic acids is 1. The van der Waals surface area contributed by atoms with Crippen molar-refractivity contribution in [1.82, 2.24) is 9.97 Å².